The molecule has 2 N–H and O–H groups in total. The third-order valence-electron chi connectivity index (χ3n) is 3.01. The van der Waals surface area contributed by atoms with Gasteiger partial charge in [-0.15, -0.1) is 0 Å². The lowest BCUT2D eigenvalue weighted by Gasteiger charge is -2.24. The number of hydrogen-bond acceptors (Lipinski definition) is 3. The summed E-state index contributed by atoms with van der Waals surface area (Å²) in [4.78, 5) is 13.9. The maximum Gasteiger partial charge on any atom is 0.254 e. The van der Waals surface area contributed by atoms with E-state index in [-0.39, 0.29) is 11.9 Å². The summed E-state index contributed by atoms with van der Waals surface area (Å²) in [6.45, 7) is 3.66. The molecule has 0 aliphatic rings. The van der Waals surface area contributed by atoms with E-state index in [1.165, 1.54) is 0 Å². The van der Waals surface area contributed by atoms with Crippen molar-refractivity contribution in [1.82, 2.24) is 4.90 Å². The monoisotopic (exact) mass is 309 g/mol. The minimum absolute atomic E-state index is 0.122. The van der Waals surface area contributed by atoms with Gasteiger partial charge in [0, 0.05) is 28.8 Å². The van der Waals surface area contributed by atoms with E-state index >= 15 is 0 Å². The normalized spacial score (nSPS) is 11.7. The van der Waals surface area contributed by atoms with Crippen LogP contribution in [0.3, 0.4) is 0 Å². The quantitative estimate of drug-likeness (QED) is 0.873. The molecule has 0 heterocycles. The van der Waals surface area contributed by atoms with Gasteiger partial charge >= 0.3 is 0 Å². The zero-order valence-electron chi connectivity index (χ0n) is 10.7. The van der Waals surface area contributed by atoms with E-state index in [0.29, 0.717) is 17.7 Å². The van der Waals surface area contributed by atoms with Crippen molar-refractivity contribution in [2.45, 2.75) is 26.3 Å². The van der Waals surface area contributed by atoms with Gasteiger partial charge in [0.25, 0.3) is 5.91 Å². The fourth-order valence-electron chi connectivity index (χ4n) is 1.58. The van der Waals surface area contributed by atoms with Gasteiger partial charge in [-0.1, -0.05) is 15.9 Å². The zero-order chi connectivity index (χ0) is 13.9. The van der Waals surface area contributed by atoms with Gasteiger partial charge in [-0.3, -0.25) is 4.79 Å². The highest BCUT2D eigenvalue weighted by atomic mass is 79.9. The minimum atomic E-state index is -0.123. The Morgan fingerprint density at radius 3 is 2.78 bits per heavy atom. The molecule has 0 spiro atoms. The van der Waals surface area contributed by atoms with Gasteiger partial charge < -0.3 is 10.6 Å². The van der Waals surface area contributed by atoms with Crippen LogP contribution in [0, 0.1) is 18.3 Å². The first-order valence-corrected chi connectivity index (χ1v) is 6.37. The first-order chi connectivity index (χ1) is 8.38. The van der Waals surface area contributed by atoms with Gasteiger partial charge in [-0.05, 0) is 31.5 Å². The van der Waals surface area contributed by atoms with Crippen molar-refractivity contribution in [3.63, 3.8) is 0 Å². The molecule has 0 aliphatic heterocycles. The summed E-state index contributed by atoms with van der Waals surface area (Å²) in [6, 6.07) is 5.46. The van der Waals surface area contributed by atoms with E-state index in [2.05, 4.69) is 22.0 Å². The summed E-state index contributed by atoms with van der Waals surface area (Å²) >= 11 is 3.33. The SMILES string of the molecule is Cc1c(N)cc(Br)cc1C(=O)N(C)C(C)CC#N. The molecule has 0 aromatic heterocycles. The van der Waals surface area contributed by atoms with Crippen LogP contribution in [0.15, 0.2) is 16.6 Å². The molecular formula is C13H16BrN3O. The van der Waals surface area contributed by atoms with Crippen molar-refractivity contribution in [3.8, 4) is 6.07 Å². The molecule has 1 rings (SSSR count). The number of carbonyl (C=O) groups is 1. The van der Waals surface area contributed by atoms with Crippen LogP contribution in [0.5, 0.6) is 0 Å². The van der Waals surface area contributed by atoms with Gasteiger partial charge in [-0.2, -0.15) is 5.26 Å². The van der Waals surface area contributed by atoms with Crippen LogP contribution in [-0.2, 0) is 0 Å². The smallest absolute Gasteiger partial charge is 0.254 e. The molecule has 0 aliphatic carbocycles. The van der Waals surface area contributed by atoms with E-state index < -0.39 is 0 Å². The number of anilines is 1. The van der Waals surface area contributed by atoms with Crippen molar-refractivity contribution < 1.29 is 4.79 Å². The summed E-state index contributed by atoms with van der Waals surface area (Å²) in [5.74, 6) is -0.122. The van der Waals surface area contributed by atoms with Crippen LogP contribution in [0.25, 0.3) is 0 Å². The molecule has 1 amide bonds. The Kier molecular flexibility index (Phi) is 4.74. The van der Waals surface area contributed by atoms with Crippen LogP contribution >= 0.6 is 15.9 Å². The third kappa shape index (κ3) is 3.02. The molecule has 1 atom stereocenters. The van der Waals surface area contributed by atoms with Crippen LogP contribution in [-0.4, -0.2) is 23.9 Å². The van der Waals surface area contributed by atoms with Gasteiger partial charge in [-0.25, -0.2) is 0 Å². The average molecular weight is 310 g/mol. The van der Waals surface area contributed by atoms with Crippen molar-refractivity contribution in [2.24, 2.45) is 0 Å². The van der Waals surface area contributed by atoms with E-state index in [1.807, 2.05) is 13.8 Å². The number of nitrogens with two attached hydrogens (primary N) is 1. The summed E-state index contributed by atoms with van der Waals surface area (Å²) in [5.41, 5.74) is 7.75. The number of nitrogen functional groups attached to an aromatic ring is 1. The number of rotatable bonds is 3. The number of nitrogens with zero attached hydrogens (tertiary/aromatic N) is 2. The largest absolute Gasteiger partial charge is 0.398 e. The van der Waals surface area contributed by atoms with Crippen LogP contribution in [0.2, 0.25) is 0 Å². The Balaban J connectivity index is 3.08. The molecule has 1 aromatic carbocycles. The summed E-state index contributed by atoms with van der Waals surface area (Å²) < 4.78 is 0.773. The molecule has 18 heavy (non-hydrogen) atoms. The lowest BCUT2D eigenvalue weighted by atomic mass is 10.0. The fourth-order valence-corrected chi connectivity index (χ4v) is 2.06. The van der Waals surface area contributed by atoms with Gasteiger partial charge in [0.05, 0.1) is 12.5 Å². The van der Waals surface area contributed by atoms with Gasteiger partial charge in [0.2, 0.25) is 0 Å². The second-order valence-corrected chi connectivity index (χ2v) is 5.21. The standard InChI is InChI=1S/C13H16BrN3O/c1-8(4-5-15)17(3)13(18)11-6-10(14)7-12(16)9(11)2/h6-8H,4,16H2,1-3H3. The highest BCUT2D eigenvalue weighted by Gasteiger charge is 2.20. The summed E-state index contributed by atoms with van der Waals surface area (Å²) in [6.07, 6.45) is 0.310. The molecule has 0 bridgehead atoms. The zero-order valence-corrected chi connectivity index (χ0v) is 12.3. The lowest BCUT2D eigenvalue weighted by molar-refractivity contribution is 0.0745. The first kappa shape index (κ1) is 14.5. The third-order valence-corrected chi connectivity index (χ3v) is 3.47. The summed E-state index contributed by atoms with van der Waals surface area (Å²) in [5, 5.41) is 8.67. The molecular weight excluding hydrogens is 294 g/mol. The number of benzene rings is 1. The Bertz CT molecular complexity index is 508. The van der Waals surface area contributed by atoms with Crippen molar-refractivity contribution in [1.29, 1.82) is 5.26 Å². The highest BCUT2D eigenvalue weighted by Crippen LogP contribution is 2.24. The van der Waals surface area contributed by atoms with Crippen LogP contribution in [0.4, 0.5) is 5.69 Å². The molecule has 0 fully saturated rings. The Hall–Kier alpha value is -1.54. The van der Waals surface area contributed by atoms with Crippen molar-refractivity contribution >= 4 is 27.5 Å². The molecule has 4 nitrogen and oxygen atoms in total. The fraction of sp³-hybridized carbons (Fsp3) is 0.385. The number of amides is 1. The Labute approximate surface area is 116 Å². The maximum absolute atomic E-state index is 12.3. The van der Waals surface area contributed by atoms with Crippen LogP contribution in [0.1, 0.15) is 29.3 Å². The molecule has 1 unspecified atom stereocenters. The number of nitriles is 1. The van der Waals surface area contributed by atoms with Gasteiger partial charge in [0.15, 0.2) is 0 Å². The molecule has 0 saturated carbocycles. The number of hydrogen-bond donors (Lipinski definition) is 1. The predicted molar refractivity (Wildman–Crippen MR) is 75.1 cm³/mol. The maximum atomic E-state index is 12.3. The number of halogens is 1. The van der Waals surface area contributed by atoms with E-state index in [9.17, 15) is 4.79 Å². The van der Waals surface area contributed by atoms with Crippen molar-refractivity contribution in [2.75, 3.05) is 12.8 Å². The Morgan fingerprint density at radius 2 is 2.22 bits per heavy atom. The first-order valence-electron chi connectivity index (χ1n) is 5.58. The highest BCUT2D eigenvalue weighted by molar-refractivity contribution is 9.10. The molecule has 0 saturated heterocycles. The topological polar surface area (TPSA) is 70.1 Å². The Morgan fingerprint density at radius 1 is 1.61 bits per heavy atom. The molecule has 5 heteroatoms. The molecule has 1 aromatic rings. The summed E-state index contributed by atoms with van der Waals surface area (Å²) in [7, 11) is 1.70. The minimum Gasteiger partial charge on any atom is -0.398 e. The van der Waals surface area contributed by atoms with Gasteiger partial charge in [0.1, 0.15) is 0 Å². The van der Waals surface area contributed by atoms with E-state index in [1.54, 1.807) is 24.1 Å². The van der Waals surface area contributed by atoms with E-state index in [4.69, 9.17) is 11.0 Å². The van der Waals surface area contributed by atoms with Crippen molar-refractivity contribution in [3.05, 3.63) is 27.7 Å². The number of carbonyl (C=O) groups excluding carboxylic acids is 1. The predicted octanol–water partition coefficient (Wildman–Crippen LogP) is 2.71. The molecule has 96 valence electrons. The average Bonchev–Trinajstić information content (AvgIpc) is 2.32. The second kappa shape index (κ2) is 5.87. The van der Waals surface area contributed by atoms with E-state index in [0.717, 1.165) is 10.0 Å². The second-order valence-electron chi connectivity index (χ2n) is 4.29. The lowest BCUT2D eigenvalue weighted by Crippen LogP contribution is -2.35. The molecule has 0 radical (unpaired) electrons. The van der Waals surface area contributed by atoms with Crippen LogP contribution < -0.4 is 5.73 Å².